The maximum atomic E-state index is 11.2. The molecule has 0 saturated heterocycles. The molecule has 18 heavy (non-hydrogen) atoms. The van der Waals surface area contributed by atoms with Crippen molar-refractivity contribution in [3.8, 4) is 0 Å². The zero-order chi connectivity index (χ0) is 12.4. The quantitative estimate of drug-likeness (QED) is 0.814. The Morgan fingerprint density at radius 2 is 1.72 bits per heavy atom. The summed E-state index contributed by atoms with van der Waals surface area (Å²) in [5.74, 6) is 0. The molecule has 0 aromatic heterocycles. The van der Waals surface area contributed by atoms with Crippen LogP contribution in [0.25, 0.3) is 0 Å². The fourth-order valence-corrected chi connectivity index (χ4v) is 2.66. The summed E-state index contributed by atoms with van der Waals surface area (Å²) in [6.45, 7) is 0.953. The van der Waals surface area contributed by atoms with E-state index in [0.29, 0.717) is 0 Å². The summed E-state index contributed by atoms with van der Waals surface area (Å²) in [5.41, 5.74) is 4.51. The summed E-state index contributed by atoms with van der Waals surface area (Å²) in [5, 5.41) is 3.51. The van der Waals surface area contributed by atoms with E-state index in [9.17, 15) is 4.79 Å². The zero-order valence-corrected chi connectivity index (χ0v) is 10.1. The summed E-state index contributed by atoms with van der Waals surface area (Å²) in [6.07, 6.45) is 1.99. The summed E-state index contributed by atoms with van der Waals surface area (Å²) in [6, 6.07) is 16.4. The average Bonchev–Trinajstić information content (AvgIpc) is 2.46. The number of hydrogen-bond acceptors (Lipinski definition) is 2. The number of aldehydes is 1. The van der Waals surface area contributed by atoms with Gasteiger partial charge in [0.05, 0.1) is 6.04 Å². The molecule has 0 radical (unpaired) electrons. The summed E-state index contributed by atoms with van der Waals surface area (Å²) in [4.78, 5) is 11.2. The van der Waals surface area contributed by atoms with Gasteiger partial charge in [-0.1, -0.05) is 48.5 Å². The van der Waals surface area contributed by atoms with Crippen molar-refractivity contribution >= 4 is 6.29 Å². The Bertz CT molecular complexity index is 577. The number of carbonyl (C=O) groups is 1. The van der Waals surface area contributed by atoms with Crippen LogP contribution in [-0.2, 0) is 6.42 Å². The van der Waals surface area contributed by atoms with Crippen molar-refractivity contribution in [3.05, 3.63) is 70.8 Å². The molecular weight excluding hydrogens is 222 g/mol. The SMILES string of the molecule is O=Cc1ccccc1C1NCCc2ccccc21. The van der Waals surface area contributed by atoms with Crippen molar-refractivity contribution in [1.82, 2.24) is 5.32 Å². The fourth-order valence-electron chi connectivity index (χ4n) is 2.66. The molecule has 0 saturated carbocycles. The number of rotatable bonds is 2. The minimum atomic E-state index is 0.136. The zero-order valence-electron chi connectivity index (χ0n) is 10.1. The van der Waals surface area contributed by atoms with E-state index in [0.717, 1.165) is 30.4 Å². The molecule has 2 aromatic carbocycles. The van der Waals surface area contributed by atoms with Crippen LogP contribution in [0.4, 0.5) is 0 Å². The topological polar surface area (TPSA) is 29.1 Å². The molecule has 2 aromatic rings. The van der Waals surface area contributed by atoms with Gasteiger partial charge in [-0.3, -0.25) is 4.79 Å². The highest BCUT2D eigenvalue weighted by molar-refractivity contribution is 5.78. The number of fused-ring (bicyclic) bond motifs is 1. The Labute approximate surface area is 107 Å². The standard InChI is InChI=1S/C16H15NO/c18-11-13-6-2-4-8-15(13)16-14-7-3-1-5-12(14)9-10-17-16/h1-8,11,16-17H,9-10H2. The highest BCUT2D eigenvalue weighted by Crippen LogP contribution is 2.29. The van der Waals surface area contributed by atoms with E-state index in [-0.39, 0.29) is 6.04 Å². The molecule has 1 unspecified atom stereocenters. The van der Waals surface area contributed by atoms with Gasteiger partial charge >= 0.3 is 0 Å². The molecule has 1 aliphatic heterocycles. The summed E-state index contributed by atoms with van der Waals surface area (Å²) < 4.78 is 0. The van der Waals surface area contributed by atoms with Crippen LogP contribution in [0.1, 0.15) is 33.1 Å². The molecule has 1 heterocycles. The van der Waals surface area contributed by atoms with Crippen molar-refractivity contribution in [2.75, 3.05) is 6.54 Å². The van der Waals surface area contributed by atoms with Gasteiger partial charge < -0.3 is 5.32 Å². The maximum Gasteiger partial charge on any atom is 0.150 e. The number of carbonyl (C=O) groups excluding carboxylic acids is 1. The minimum absolute atomic E-state index is 0.136. The van der Waals surface area contributed by atoms with E-state index in [2.05, 4.69) is 29.6 Å². The van der Waals surface area contributed by atoms with Crippen molar-refractivity contribution in [2.45, 2.75) is 12.5 Å². The summed E-state index contributed by atoms with van der Waals surface area (Å²) >= 11 is 0. The molecule has 0 fully saturated rings. The van der Waals surface area contributed by atoms with E-state index in [4.69, 9.17) is 0 Å². The maximum absolute atomic E-state index is 11.2. The molecule has 1 aliphatic rings. The normalized spacial score (nSPS) is 18.1. The first-order valence-electron chi connectivity index (χ1n) is 6.25. The lowest BCUT2D eigenvalue weighted by atomic mass is 9.88. The highest BCUT2D eigenvalue weighted by Gasteiger charge is 2.22. The van der Waals surface area contributed by atoms with Crippen LogP contribution in [0.2, 0.25) is 0 Å². The lowest BCUT2D eigenvalue weighted by Gasteiger charge is -2.28. The highest BCUT2D eigenvalue weighted by atomic mass is 16.1. The number of hydrogen-bond donors (Lipinski definition) is 1. The molecule has 0 spiro atoms. The van der Waals surface area contributed by atoms with Crippen molar-refractivity contribution in [2.24, 2.45) is 0 Å². The van der Waals surface area contributed by atoms with E-state index in [1.807, 2.05) is 24.3 Å². The first-order chi connectivity index (χ1) is 8.90. The first kappa shape index (κ1) is 11.2. The Morgan fingerprint density at radius 3 is 2.56 bits per heavy atom. The Kier molecular flexibility index (Phi) is 2.95. The molecule has 1 N–H and O–H groups in total. The predicted octanol–water partition coefficient (Wildman–Crippen LogP) is 2.73. The van der Waals surface area contributed by atoms with E-state index >= 15 is 0 Å². The van der Waals surface area contributed by atoms with Crippen molar-refractivity contribution < 1.29 is 4.79 Å². The second-order valence-corrected chi connectivity index (χ2v) is 4.58. The monoisotopic (exact) mass is 237 g/mol. The third-order valence-corrected chi connectivity index (χ3v) is 3.54. The lowest BCUT2D eigenvalue weighted by Crippen LogP contribution is -2.31. The molecule has 0 amide bonds. The van der Waals surface area contributed by atoms with E-state index in [1.165, 1.54) is 11.1 Å². The molecule has 2 nitrogen and oxygen atoms in total. The van der Waals surface area contributed by atoms with Gasteiger partial charge in [0.1, 0.15) is 6.29 Å². The number of benzene rings is 2. The van der Waals surface area contributed by atoms with Crippen LogP contribution < -0.4 is 5.32 Å². The van der Waals surface area contributed by atoms with Gasteiger partial charge in [0.15, 0.2) is 0 Å². The van der Waals surface area contributed by atoms with Gasteiger partial charge in [-0.25, -0.2) is 0 Å². The minimum Gasteiger partial charge on any atom is -0.306 e. The Morgan fingerprint density at radius 1 is 1.00 bits per heavy atom. The molecule has 3 rings (SSSR count). The van der Waals surface area contributed by atoms with E-state index in [1.54, 1.807) is 0 Å². The van der Waals surface area contributed by atoms with Gasteiger partial charge in [0.2, 0.25) is 0 Å². The lowest BCUT2D eigenvalue weighted by molar-refractivity contribution is 0.112. The van der Waals surface area contributed by atoms with Crippen LogP contribution in [0.15, 0.2) is 48.5 Å². The van der Waals surface area contributed by atoms with Crippen LogP contribution >= 0.6 is 0 Å². The van der Waals surface area contributed by atoms with Crippen LogP contribution in [0, 0.1) is 0 Å². The van der Waals surface area contributed by atoms with E-state index < -0.39 is 0 Å². The molecule has 1 atom stereocenters. The third kappa shape index (κ3) is 1.85. The first-order valence-corrected chi connectivity index (χ1v) is 6.25. The molecule has 2 heteroatoms. The molecule has 90 valence electrons. The van der Waals surface area contributed by atoms with Gasteiger partial charge in [-0.2, -0.15) is 0 Å². The smallest absolute Gasteiger partial charge is 0.150 e. The molecular formula is C16H15NO. The second kappa shape index (κ2) is 4.75. The third-order valence-electron chi connectivity index (χ3n) is 3.54. The fraction of sp³-hybridized carbons (Fsp3) is 0.188. The number of nitrogens with one attached hydrogen (secondary N) is 1. The van der Waals surface area contributed by atoms with Gasteiger partial charge in [-0.05, 0) is 23.1 Å². The average molecular weight is 237 g/mol. The van der Waals surface area contributed by atoms with Crippen LogP contribution in [0.3, 0.4) is 0 Å². The summed E-state index contributed by atoms with van der Waals surface area (Å²) in [7, 11) is 0. The second-order valence-electron chi connectivity index (χ2n) is 4.58. The van der Waals surface area contributed by atoms with Gasteiger partial charge in [0, 0.05) is 12.1 Å². The Balaban J connectivity index is 2.11. The van der Waals surface area contributed by atoms with Gasteiger partial charge in [-0.15, -0.1) is 0 Å². The Hall–Kier alpha value is -1.93. The largest absolute Gasteiger partial charge is 0.306 e. The predicted molar refractivity (Wildman–Crippen MR) is 71.8 cm³/mol. The molecule has 0 bridgehead atoms. The van der Waals surface area contributed by atoms with Gasteiger partial charge in [0.25, 0.3) is 0 Å². The van der Waals surface area contributed by atoms with Crippen LogP contribution in [-0.4, -0.2) is 12.8 Å². The van der Waals surface area contributed by atoms with Crippen LogP contribution in [0.5, 0.6) is 0 Å². The van der Waals surface area contributed by atoms with Crippen molar-refractivity contribution in [1.29, 1.82) is 0 Å². The van der Waals surface area contributed by atoms with Crippen molar-refractivity contribution in [3.63, 3.8) is 0 Å². The molecule has 0 aliphatic carbocycles.